The highest BCUT2D eigenvalue weighted by molar-refractivity contribution is 5.85. The predicted octanol–water partition coefficient (Wildman–Crippen LogP) is 7.07. The van der Waals surface area contributed by atoms with Crippen LogP contribution in [0, 0.1) is 26.7 Å². The first-order valence-corrected chi connectivity index (χ1v) is 13.9. The molecule has 1 aliphatic carbocycles. The number of carbonyl (C=O) groups excluding carboxylic acids is 1. The molecule has 1 heterocycles. The average Bonchev–Trinajstić information content (AvgIpc) is 3.14. The van der Waals surface area contributed by atoms with Crippen LogP contribution in [0.1, 0.15) is 98.8 Å². The van der Waals surface area contributed by atoms with Gasteiger partial charge >= 0.3 is 5.97 Å². The van der Waals surface area contributed by atoms with Gasteiger partial charge in [-0.3, -0.25) is 4.79 Å². The van der Waals surface area contributed by atoms with E-state index in [0.717, 1.165) is 65.5 Å². The van der Waals surface area contributed by atoms with Gasteiger partial charge in [0.15, 0.2) is 6.10 Å². The van der Waals surface area contributed by atoms with Crippen LogP contribution in [0.5, 0.6) is 0 Å². The molecule has 0 spiro atoms. The fourth-order valence-corrected chi connectivity index (χ4v) is 6.20. The van der Waals surface area contributed by atoms with Gasteiger partial charge in [0, 0.05) is 24.6 Å². The second-order valence-electron chi connectivity index (χ2n) is 12.0. The summed E-state index contributed by atoms with van der Waals surface area (Å²) in [5.74, 6) is -0.547. The topological polar surface area (TPSA) is 66.8 Å². The molecule has 0 aromatic heterocycles. The molecule has 1 atom stereocenters. The van der Waals surface area contributed by atoms with E-state index >= 15 is 0 Å². The van der Waals surface area contributed by atoms with Gasteiger partial charge in [0.1, 0.15) is 0 Å². The van der Waals surface area contributed by atoms with Crippen LogP contribution in [-0.4, -0.2) is 34.0 Å². The van der Waals surface area contributed by atoms with Crippen LogP contribution in [0.3, 0.4) is 0 Å². The van der Waals surface area contributed by atoms with Crippen molar-refractivity contribution >= 4 is 11.9 Å². The van der Waals surface area contributed by atoms with Crippen molar-refractivity contribution in [3.05, 3.63) is 57.6 Å². The molecular weight excluding hydrogens is 462 g/mol. The fourth-order valence-electron chi connectivity index (χ4n) is 6.20. The SMILES string of the molecule is Cc1ccc(-c2c(C)c3c(c(C)c2[C@H](OC(C)(C)C)C(=O)O)CCN(C(=O)C2CCCCCC2)C3)cc1. The maximum Gasteiger partial charge on any atom is 0.337 e. The standard InChI is InChI=1S/C32H43NO4/c1-20-13-15-23(16-14-20)27-22(3)26-19-33(30(34)24-11-9-7-8-10-12-24)18-17-25(26)21(2)28(27)29(31(35)36)37-32(4,5)6/h13-16,24,29H,7-12,17-19H2,1-6H3,(H,35,36)/t29-/m0/s1. The summed E-state index contributed by atoms with van der Waals surface area (Å²) in [5.41, 5.74) is 7.57. The highest BCUT2D eigenvalue weighted by atomic mass is 16.5. The molecule has 2 aromatic carbocycles. The van der Waals surface area contributed by atoms with Gasteiger partial charge in [-0.2, -0.15) is 0 Å². The second-order valence-corrected chi connectivity index (χ2v) is 12.0. The number of carboxylic acids is 1. The van der Waals surface area contributed by atoms with E-state index in [1.165, 1.54) is 24.0 Å². The lowest BCUT2D eigenvalue weighted by molar-refractivity contribution is -0.160. The summed E-state index contributed by atoms with van der Waals surface area (Å²) in [6, 6.07) is 8.27. The van der Waals surface area contributed by atoms with Crippen molar-refractivity contribution in [2.75, 3.05) is 6.54 Å². The maximum absolute atomic E-state index is 13.6. The smallest absolute Gasteiger partial charge is 0.337 e. The summed E-state index contributed by atoms with van der Waals surface area (Å²) in [6.45, 7) is 13.1. The summed E-state index contributed by atoms with van der Waals surface area (Å²) in [7, 11) is 0. The van der Waals surface area contributed by atoms with Crippen molar-refractivity contribution < 1.29 is 19.4 Å². The van der Waals surface area contributed by atoms with Crippen LogP contribution >= 0.6 is 0 Å². The van der Waals surface area contributed by atoms with Crippen LogP contribution in [0.25, 0.3) is 11.1 Å². The van der Waals surface area contributed by atoms with E-state index < -0.39 is 17.7 Å². The Morgan fingerprint density at radius 2 is 1.57 bits per heavy atom. The van der Waals surface area contributed by atoms with E-state index in [-0.39, 0.29) is 5.92 Å². The van der Waals surface area contributed by atoms with Gasteiger partial charge in [0.25, 0.3) is 0 Å². The van der Waals surface area contributed by atoms with Crippen LogP contribution in [0.2, 0.25) is 0 Å². The molecule has 2 aromatic rings. The van der Waals surface area contributed by atoms with Crippen molar-refractivity contribution in [3.8, 4) is 11.1 Å². The Morgan fingerprint density at radius 3 is 2.14 bits per heavy atom. The molecule has 1 saturated carbocycles. The Balaban J connectivity index is 1.83. The van der Waals surface area contributed by atoms with Gasteiger partial charge in [0.05, 0.1) is 5.60 Å². The number of nitrogens with zero attached hydrogens (tertiary/aromatic N) is 1. The Bertz CT molecular complexity index is 1150. The first kappa shape index (κ1) is 27.4. The van der Waals surface area contributed by atoms with E-state index in [9.17, 15) is 14.7 Å². The van der Waals surface area contributed by atoms with Crippen LogP contribution in [-0.2, 0) is 27.3 Å². The Kier molecular flexibility index (Phi) is 8.13. The summed E-state index contributed by atoms with van der Waals surface area (Å²) in [6.07, 6.45) is 6.41. The zero-order valence-corrected chi connectivity index (χ0v) is 23.4. The molecule has 5 heteroatoms. The minimum atomic E-state index is -1.08. The van der Waals surface area contributed by atoms with Crippen molar-refractivity contribution in [2.45, 2.75) is 105 Å². The Morgan fingerprint density at radius 1 is 0.946 bits per heavy atom. The largest absolute Gasteiger partial charge is 0.479 e. The van der Waals surface area contributed by atoms with Gasteiger partial charge in [-0.1, -0.05) is 55.5 Å². The third kappa shape index (κ3) is 5.93. The third-order valence-electron chi connectivity index (χ3n) is 8.11. The Labute approximate surface area is 222 Å². The van der Waals surface area contributed by atoms with Crippen LogP contribution in [0.4, 0.5) is 0 Å². The molecule has 1 N–H and O–H groups in total. The third-order valence-corrected chi connectivity index (χ3v) is 8.11. The number of aliphatic carboxylic acids is 1. The van der Waals surface area contributed by atoms with Crippen LogP contribution < -0.4 is 0 Å². The molecule has 200 valence electrons. The molecule has 0 saturated heterocycles. The minimum absolute atomic E-state index is 0.137. The van der Waals surface area contributed by atoms with E-state index in [0.29, 0.717) is 19.0 Å². The maximum atomic E-state index is 13.6. The van der Waals surface area contributed by atoms with E-state index in [1.807, 2.05) is 27.7 Å². The summed E-state index contributed by atoms with van der Waals surface area (Å²) >= 11 is 0. The van der Waals surface area contributed by atoms with Crippen molar-refractivity contribution in [2.24, 2.45) is 5.92 Å². The van der Waals surface area contributed by atoms with Crippen LogP contribution in [0.15, 0.2) is 24.3 Å². The molecule has 1 aliphatic heterocycles. The summed E-state index contributed by atoms with van der Waals surface area (Å²) in [5, 5.41) is 10.3. The molecule has 0 radical (unpaired) electrons. The van der Waals surface area contributed by atoms with Gasteiger partial charge in [-0.25, -0.2) is 4.79 Å². The van der Waals surface area contributed by atoms with E-state index in [4.69, 9.17) is 4.74 Å². The van der Waals surface area contributed by atoms with Gasteiger partial charge in [-0.05, 0) is 94.2 Å². The zero-order chi connectivity index (χ0) is 26.9. The number of hydrogen-bond donors (Lipinski definition) is 1. The second kappa shape index (κ2) is 11.0. The number of carbonyl (C=O) groups is 2. The van der Waals surface area contributed by atoms with Gasteiger partial charge < -0.3 is 14.7 Å². The van der Waals surface area contributed by atoms with E-state index in [2.05, 4.69) is 43.0 Å². The monoisotopic (exact) mass is 505 g/mol. The summed E-state index contributed by atoms with van der Waals surface area (Å²) < 4.78 is 6.18. The lowest BCUT2D eigenvalue weighted by atomic mass is 9.80. The number of benzene rings is 2. The lowest BCUT2D eigenvalue weighted by Crippen LogP contribution is -2.40. The lowest BCUT2D eigenvalue weighted by Gasteiger charge is -2.36. The van der Waals surface area contributed by atoms with Crippen molar-refractivity contribution in [1.82, 2.24) is 4.90 Å². The van der Waals surface area contributed by atoms with Crippen molar-refractivity contribution in [3.63, 3.8) is 0 Å². The predicted molar refractivity (Wildman–Crippen MR) is 148 cm³/mol. The number of rotatable bonds is 5. The molecule has 4 rings (SSSR count). The molecule has 37 heavy (non-hydrogen) atoms. The van der Waals surface area contributed by atoms with Crippen molar-refractivity contribution in [1.29, 1.82) is 0 Å². The molecule has 1 fully saturated rings. The highest BCUT2D eigenvalue weighted by Crippen LogP contribution is 2.43. The van der Waals surface area contributed by atoms with Gasteiger partial charge in [0.2, 0.25) is 5.91 Å². The summed E-state index contributed by atoms with van der Waals surface area (Å²) in [4.78, 5) is 28.2. The molecule has 0 unspecified atom stereocenters. The fraction of sp³-hybridized carbons (Fsp3) is 0.562. The number of amides is 1. The number of hydrogen-bond acceptors (Lipinski definition) is 3. The number of carboxylic acid groups (broad SMARTS) is 1. The average molecular weight is 506 g/mol. The molecular formula is C32H43NO4. The van der Waals surface area contributed by atoms with Gasteiger partial charge in [-0.15, -0.1) is 0 Å². The number of aryl methyl sites for hydroxylation is 1. The highest BCUT2D eigenvalue weighted by Gasteiger charge is 2.36. The quantitative estimate of drug-likeness (QED) is 0.441. The Hall–Kier alpha value is -2.66. The molecule has 1 amide bonds. The number of ether oxygens (including phenoxy) is 1. The minimum Gasteiger partial charge on any atom is -0.479 e. The molecule has 0 bridgehead atoms. The first-order valence-electron chi connectivity index (χ1n) is 13.9. The van der Waals surface area contributed by atoms with E-state index in [1.54, 1.807) is 0 Å². The zero-order valence-electron chi connectivity index (χ0n) is 23.4. The molecule has 5 nitrogen and oxygen atoms in total. The first-order chi connectivity index (χ1) is 17.5. The molecule has 2 aliphatic rings. The normalized spacial score (nSPS) is 17.7. The number of fused-ring (bicyclic) bond motifs is 1.